The van der Waals surface area contributed by atoms with Crippen LogP contribution in [0.2, 0.25) is 0 Å². The Morgan fingerprint density at radius 3 is 2.67 bits per heavy atom. The van der Waals surface area contributed by atoms with E-state index in [0.717, 1.165) is 5.56 Å². The van der Waals surface area contributed by atoms with Gasteiger partial charge in [0.2, 0.25) is 0 Å². The van der Waals surface area contributed by atoms with Crippen LogP contribution < -0.4 is 5.11 Å². The summed E-state index contributed by atoms with van der Waals surface area (Å²) in [4.78, 5) is 21.4. The van der Waals surface area contributed by atoms with Crippen molar-refractivity contribution >= 4 is 12.3 Å². The molecule has 5 heteroatoms. The summed E-state index contributed by atoms with van der Waals surface area (Å²) in [6.45, 7) is 0.190. The van der Waals surface area contributed by atoms with Gasteiger partial charge in [0, 0.05) is 30.7 Å². The number of carbonyl (C=O) groups excluding carboxylic acids is 2. The Morgan fingerprint density at radius 2 is 2.06 bits per heavy atom. The van der Waals surface area contributed by atoms with E-state index in [2.05, 4.69) is 5.10 Å². The minimum atomic E-state index is -1.14. The molecule has 92 valence electrons. The van der Waals surface area contributed by atoms with E-state index in [1.54, 1.807) is 0 Å². The predicted octanol–water partition coefficient (Wildman–Crippen LogP) is 0.503. The number of hydrogen-bond donors (Lipinski definition) is 0. The lowest BCUT2D eigenvalue weighted by Gasteiger charge is -2.01. The number of aromatic nitrogens is 2. The number of carboxylic acids is 1. The second kappa shape index (κ2) is 5.27. The quantitative estimate of drug-likeness (QED) is 0.717. The van der Waals surface area contributed by atoms with Gasteiger partial charge in [-0.05, 0) is 0 Å². The molecule has 5 nitrogen and oxygen atoms in total. The van der Waals surface area contributed by atoms with E-state index in [1.807, 2.05) is 30.3 Å². The molecule has 1 aromatic carbocycles. The summed E-state index contributed by atoms with van der Waals surface area (Å²) in [5.41, 5.74) is 1.83. The smallest absolute Gasteiger partial charge is 0.153 e. The van der Waals surface area contributed by atoms with Crippen molar-refractivity contribution < 1.29 is 14.7 Å². The van der Waals surface area contributed by atoms with Crippen molar-refractivity contribution in [3.63, 3.8) is 0 Å². The number of carboxylic acid groups (broad SMARTS) is 1. The highest BCUT2D eigenvalue weighted by molar-refractivity contribution is 5.85. The van der Waals surface area contributed by atoms with Crippen molar-refractivity contribution in [3.05, 3.63) is 42.1 Å². The van der Waals surface area contributed by atoms with Crippen LogP contribution in [0.25, 0.3) is 11.3 Å². The molecule has 0 aliphatic carbocycles. The number of rotatable bonds is 5. The zero-order valence-electron chi connectivity index (χ0n) is 9.57. The molecule has 0 unspecified atom stereocenters. The summed E-state index contributed by atoms with van der Waals surface area (Å²) in [5.74, 6) is -1.14. The lowest BCUT2D eigenvalue weighted by atomic mass is 10.1. The fourth-order valence-electron chi connectivity index (χ4n) is 1.66. The molecule has 0 saturated carbocycles. The number of aldehydes is 1. The first kappa shape index (κ1) is 12.0. The molecule has 1 aromatic heterocycles. The zero-order chi connectivity index (χ0) is 13.0. The molecular weight excluding hydrogens is 232 g/mol. The lowest BCUT2D eigenvalue weighted by molar-refractivity contribution is -0.306. The SMILES string of the molecule is O=Cc1cn(CCC(=O)[O-])nc1-c1ccccc1. The van der Waals surface area contributed by atoms with Gasteiger partial charge in [-0.15, -0.1) is 0 Å². The number of nitrogens with zero attached hydrogens (tertiary/aromatic N) is 2. The molecule has 18 heavy (non-hydrogen) atoms. The van der Waals surface area contributed by atoms with Gasteiger partial charge in [-0.1, -0.05) is 30.3 Å². The number of hydrogen-bond acceptors (Lipinski definition) is 4. The Bertz CT molecular complexity index is 561. The third-order valence-corrected chi connectivity index (χ3v) is 2.51. The number of aryl methyl sites for hydroxylation is 1. The lowest BCUT2D eigenvalue weighted by Crippen LogP contribution is -2.23. The van der Waals surface area contributed by atoms with Crippen molar-refractivity contribution in [3.8, 4) is 11.3 Å². The van der Waals surface area contributed by atoms with Gasteiger partial charge in [-0.2, -0.15) is 5.10 Å². The van der Waals surface area contributed by atoms with Crippen LogP contribution in [0, 0.1) is 0 Å². The van der Waals surface area contributed by atoms with Crippen LogP contribution in [0.4, 0.5) is 0 Å². The van der Waals surface area contributed by atoms with Crippen molar-refractivity contribution in [2.24, 2.45) is 0 Å². The highest BCUT2D eigenvalue weighted by atomic mass is 16.4. The zero-order valence-corrected chi connectivity index (χ0v) is 9.57. The molecule has 0 aliphatic rings. The maximum Gasteiger partial charge on any atom is 0.153 e. The second-order valence-corrected chi connectivity index (χ2v) is 3.80. The first-order valence-electron chi connectivity index (χ1n) is 5.48. The summed E-state index contributed by atoms with van der Waals surface area (Å²) in [7, 11) is 0. The minimum Gasteiger partial charge on any atom is -0.550 e. The van der Waals surface area contributed by atoms with Gasteiger partial charge in [0.1, 0.15) is 5.69 Å². The molecule has 0 aliphatic heterocycles. The summed E-state index contributed by atoms with van der Waals surface area (Å²) < 4.78 is 1.45. The topological polar surface area (TPSA) is 75.0 Å². The third kappa shape index (κ3) is 2.63. The highest BCUT2D eigenvalue weighted by Gasteiger charge is 2.09. The predicted molar refractivity (Wildman–Crippen MR) is 62.7 cm³/mol. The number of carbonyl (C=O) groups is 2. The molecular formula is C13H11N2O3-. The summed E-state index contributed by atoms with van der Waals surface area (Å²) in [6.07, 6.45) is 2.12. The van der Waals surface area contributed by atoms with E-state index in [9.17, 15) is 14.7 Å². The maximum absolute atomic E-state index is 11.0. The van der Waals surface area contributed by atoms with E-state index in [-0.39, 0.29) is 13.0 Å². The molecule has 2 rings (SSSR count). The minimum absolute atomic E-state index is 0.131. The molecule has 0 fully saturated rings. The van der Waals surface area contributed by atoms with Gasteiger partial charge in [0.15, 0.2) is 6.29 Å². The highest BCUT2D eigenvalue weighted by Crippen LogP contribution is 2.20. The third-order valence-electron chi connectivity index (χ3n) is 2.51. The molecule has 0 spiro atoms. The Hall–Kier alpha value is -2.43. The van der Waals surface area contributed by atoms with Gasteiger partial charge in [0.25, 0.3) is 0 Å². The molecule has 0 amide bonds. The Labute approximate surface area is 104 Å². The van der Waals surface area contributed by atoms with Crippen LogP contribution in [-0.2, 0) is 11.3 Å². The fourth-order valence-corrected chi connectivity index (χ4v) is 1.66. The largest absolute Gasteiger partial charge is 0.550 e. The van der Waals surface area contributed by atoms with Crippen LogP contribution in [0.1, 0.15) is 16.8 Å². The number of benzene rings is 1. The fraction of sp³-hybridized carbons (Fsp3) is 0.154. The van der Waals surface area contributed by atoms with Crippen LogP contribution in [0.5, 0.6) is 0 Å². The molecule has 0 bridgehead atoms. The van der Waals surface area contributed by atoms with E-state index < -0.39 is 5.97 Å². The van der Waals surface area contributed by atoms with E-state index >= 15 is 0 Å². The molecule has 0 N–H and O–H groups in total. The van der Waals surface area contributed by atoms with Gasteiger partial charge >= 0.3 is 0 Å². The average Bonchev–Trinajstić information content (AvgIpc) is 2.80. The average molecular weight is 243 g/mol. The molecule has 0 saturated heterocycles. The van der Waals surface area contributed by atoms with Gasteiger partial charge in [-0.25, -0.2) is 0 Å². The van der Waals surface area contributed by atoms with Crippen LogP contribution in [-0.4, -0.2) is 22.0 Å². The van der Waals surface area contributed by atoms with Crippen LogP contribution in [0.3, 0.4) is 0 Å². The van der Waals surface area contributed by atoms with Crippen LogP contribution in [0.15, 0.2) is 36.5 Å². The van der Waals surface area contributed by atoms with Crippen molar-refractivity contribution in [2.45, 2.75) is 13.0 Å². The maximum atomic E-state index is 11.0. The van der Waals surface area contributed by atoms with Crippen molar-refractivity contribution in [1.29, 1.82) is 0 Å². The normalized spacial score (nSPS) is 10.2. The first-order chi connectivity index (χ1) is 8.70. The molecule has 0 atom stereocenters. The summed E-state index contributed by atoms with van der Waals surface area (Å²) in [6, 6.07) is 9.27. The molecule has 1 heterocycles. The van der Waals surface area contributed by atoms with E-state index in [4.69, 9.17) is 0 Å². The summed E-state index contributed by atoms with van der Waals surface area (Å²) in [5, 5.41) is 14.6. The molecule has 0 radical (unpaired) electrons. The standard InChI is InChI=1S/C13H12N2O3/c16-9-11-8-15(7-6-12(17)18)14-13(11)10-4-2-1-3-5-10/h1-5,8-9H,6-7H2,(H,17,18)/p-1. The summed E-state index contributed by atoms with van der Waals surface area (Å²) >= 11 is 0. The Kier molecular flexibility index (Phi) is 3.52. The van der Waals surface area contributed by atoms with Gasteiger partial charge in [-0.3, -0.25) is 9.48 Å². The Morgan fingerprint density at radius 1 is 1.33 bits per heavy atom. The van der Waals surface area contributed by atoms with Crippen molar-refractivity contribution in [1.82, 2.24) is 9.78 Å². The Balaban J connectivity index is 2.30. The van der Waals surface area contributed by atoms with Gasteiger partial charge in [0.05, 0.1) is 5.56 Å². The van der Waals surface area contributed by atoms with Crippen molar-refractivity contribution in [2.75, 3.05) is 0 Å². The van der Waals surface area contributed by atoms with Crippen LogP contribution >= 0.6 is 0 Å². The first-order valence-corrected chi connectivity index (χ1v) is 5.48. The molecule has 2 aromatic rings. The second-order valence-electron chi connectivity index (χ2n) is 3.80. The van der Waals surface area contributed by atoms with E-state index in [1.165, 1.54) is 10.9 Å². The van der Waals surface area contributed by atoms with E-state index in [0.29, 0.717) is 17.5 Å². The van der Waals surface area contributed by atoms with Gasteiger partial charge < -0.3 is 9.90 Å². The monoisotopic (exact) mass is 243 g/mol. The number of aliphatic carboxylic acids is 1.